The topological polar surface area (TPSA) is 93.1 Å². The highest BCUT2D eigenvalue weighted by Crippen LogP contribution is 2.24. The summed E-state index contributed by atoms with van der Waals surface area (Å²) in [4.78, 5) is 17.3. The average molecular weight is 366 g/mol. The van der Waals surface area contributed by atoms with Crippen molar-refractivity contribution in [1.29, 1.82) is 0 Å². The first-order valence-corrected chi connectivity index (χ1v) is 10.1. The molecule has 7 nitrogen and oxygen atoms in total. The quantitative estimate of drug-likeness (QED) is 0.849. The van der Waals surface area contributed by atoms with Crippen LogP contribution >= 0.6 is 0 Å². The van der Waals surface area contributed by atoms with Crippen molar-refractivity contribution in [3.05, 3.63) is 23.8 Å². The maximum atomic E-state index is 12.8. The predicted octanol–water partition coefficient (Wildman–Crippen LogP) is 2.27. The molecule has 1 atom stereocenters. The Balaban J connectivity index is 2.39. The summed E-state index contributed by atoms with van der Waals surface area (Å²) in [7, 11) is -3.53. The number of nitrogens with zero attached hydrogens (tertiary/aromatic N) is 2. The third-order valence-corrected chi connectivity index (χ3v) is 4.58. The molecule has 0 fully saturated rings. The van der Waals surface area contributed by atoms with E-state index in [1.165, 1.54) is 0 Å². The number of imidazole rings is 1. The third-order valence-electron chi connectivity index (χ3n) is 3.92. The number of sulfonamides is 1. The predicted molar refractivity (Wildman–Crippen MR) is 100.0 cm³/mol. The van der Waals surface area contributed by atoms with Gasteiger partial charge in [-0.15, -0.1) is 0 Å². The Bertz CT molecular complexity index is 894. The summed E-state index contributed by atoms with van der Waals surface area (Å²) in [6, 6.07) is 5.00. The summed E-state index contributed by atoms with van der Waals surface area (Å²) in [5.74, 6) is -0.0164. The second-order valence-electron chi connectivity index (χ2n) is 7.35. The summed E-state index contributed by atoms with van der Waals surface area (Å²) in [5.41, 5.74) is 2.21. The van der Waals surface area contributed by atoms with Crippen molar-refractivity contribution in [3.8, 4) is 0 Å². The molecular formula is C17H26N4O3S. The van der Waals surface area contributed by atoms with Crippen molar-refractivity contribution in [2.45, 2.75) is 47.2 Å². The van der Waals surface area contributed by atoms with Crippen LogP contribution in [0.3, 0.4) is 0 Å². The Hall–Kier alpha value is -1.93. The van der Waals surface area contributed by atoms with Crippen LogP contribution in [-0.2, 0) is 21.4 Å². The molecular weight excluding hydrogens is 340 g/mol. The van der Waals surface area contributed by atoms with Crippen LogP contribution in [0, 0.1) is 12.3 Å². The van der Waals surface area contributed by atoms with Gasteiger partial charge in [0.2, 0.25) is 21.9 Å². The number of carbonyl (C=O) groups excluding carboxylic acids is 1. The molecule has 2 aromatic rings. The summed E-state index contributed by atoms with van der Waals surface area (Å²) in [6.07, 6.45) is 1.04. The fraction of sp³-hybridized carbons (Fsp3) is 0.529. The number of hydrogen-bond acceptors (Lipinski definition) is 4. The third kappa shape index (κ3) is 4.58. The van der Waals surface area contributed by atoms with Gasteiger partial charge in [-0.1, -0.05) is 26.8 Å². The fourth-order valence-electron chi connectivity index (χ4n) is 2.68. The van der Waals surface area contributed by atoms with Crippen LogP contribution in [0.5, 0.6) is 0 Å². The Kier molecular flexibility index (Phi) is 5.24. The smallest absolute Gasteiger partial charge is 0.245 e. The van der Waals surface area contributed by atoms with Crippen LogP contribution < -0.4 is 10.0 Å². The summed E-state index contributed by atoms with van der Waals surface area (Å²) >= 11 is 0. The molecule has 25 heavy (non-hydrogen) atoms. The van der Waals surface area contributed by atoms with Crippen LogP contribution in [0.1, 0.15) is 33.3 Å². The molecule has 2 N–H and O–H groups in total. The fourth-order valence-corrected chi connectivity index (χ4v) is 3.56. The van der Waals surface area contributed by atoms with Gasteiger partial charge < -0.3 is 4.57 Å². The van der Waals surface area contributed by atoms with E-state index in [4.69, 9.17) is 0 Å². The highest BCUT2D eigenvalue weighted by Gasteiger charge is 2.34. The lowest BCUT2D eigenvalue weighted by Gasteiger charge is -2.29. The average Bonchev–Trinajstić information content (AvgIpc) is 2.78. The number of hydrogen-bond donors (Lipinski definition) is 2. The van der Waals surface area contributed by atoms with Crippen LogP contribution in [0.2, 0.25) is 0 Å². The molecule has 1 heterocycles. The zero-order chi connectivity index (χ0) is 19.0. The van der Waals surface area contributed by atoms with Gasteiger partial charge in [0.25, 0.3) is 0 Å². The molecule has 0 aliphatic carbocycles. The molecule has 1 amide bonds. The van der Waals surface area contributed by atoms with E-state index in [0.29, 0.717) is 12.5 Å². The lowest BCUT2D eigenvalue weighted by molar-refractivity contribution is -0.120. The van der Waals surface area contributed by atoms with E-state index in [0.717, 1.165) is 22.9 Å². The van der Waals surface area contributed by atoms with Crippen LogP contribution in [0.4, 0.5) is 5.95 Å². The molecule has 1 unspecified atom stereocenters. The molecule has 0 bridgehead atoms. The van der Waals surface area contributed by atoms with Gasteiger partial charge in [0.1, 0.15) is 6.04 Å². The second kappa shape index (κ2) is 6.76. The number of fused-ring (bicyclic) bond motifs is 1. The largest absolute Gasteiger partial charge is 0.310 e. The number of aromatic nitrogens is 2. The molecule has 2 rings (SSSR count). The minimum atomic E-state index is -3.53. The number of amides is 1. The van der Waals surface area contributed by atoms with Crippen molar-refractivity contribution >= 4 is 32.9 Å². The Morgan fingerprint density at radius 3 is 2.48 bits per heavy atom. The van der Waals surface area contributed by atoms with Gasteiger partial charge in [0.05, 0.1) is 17.3 Å². The van der Waals surface area contributed by atoms with Crippen molar-refractivity contribution < 1.29 is 13.2 Å². The van der Waals surface area contributed by atoms with E-state index in [2.05, 4.69) is 15.0 Å². The number of benzene rings is 1. The first-order valence-electron chi connectivity index (χ1n) is 8.17. The van der Waals surface area contributed by atoms with E-state index in [1.54, 1.807) is 0 Å². The first-order chi connectivity index (χ1) is 11.4. The molecule has 0 saturated carbocycles. The Morgan fingerprint density at radius 1 is 1.32 bits per heavy atom. The Labute approximate surface area is 148 Å². The van der Waals surface area contributed by atoms with Crippen molar-refractivity contribution in [2.24, 2.45) is 5.41 Å². The molecule has 0 aliphatic rings. The van der Waals surface area contributed by atoms with Gasteiger partial charge in [-0.2, -0.15) is 0 Å². The second-order valence-corrected chi connectivity index (χ2v) is 9.13. The maximum absolute atomic E-state index is 12.8. The molecule has 1 aromatic carbocycles. The zero-order valence-corrected chi connectivity index (χ0v) is 16.4. The maximum Gasteiger partial charge on any atom is 0.245 e. The van der Waals surface area contributed by atoms with Gasteiger partial charge in [0, 0.05) is 6.54 Å². The van der Waals surface area contributed by atoms with Crippen LogP contribution in [0.15, 0.2) is 18.2 Å². The molecule has 1 aromatic heterocycles. The first kappa shape index (κ1) is 19.4. The summed E-state index contributed by atoms with van der Waals surface area (Å²) in [5, 5.41) is 2.79. The number of carbonyl (C=O) groups is 1. The normalized spacial score (nSPS) is 13.8. The van der Waals surface area contributed by atoms with Gasteiger partial charge in [-0.3, -0.25) is 10.1 Å². The van der Waals surface area contributed by atoms with Gasteiger partial charge >= 0.3 is 0 Å². The van der Waals surface area contributed by atoms with Crippen molar-refractivity contribution in [1.82, 2.24) is 14.3 Å². The number of aryl methyl sites for hydroxylation is 2. The van der Waals surface area contributed by atoms with E-state index in [1.807, 2.05) is 57.4 Å². The Morgan fingerprint density at radius 2 is 1.96 bits per heavy atom. The molecule has 0 spiro atoms. The highest BCUT2D eigenvalue weighted by molar-refractivity contribution is 7.88. The molecule has 0 saturated heterocycles. The molecule has 138 valence electrons. The number of nitrogens with one attached hydrogen (secondary N) is 2. The van der Waals surface area contributed by atoms with E-state index in [-0.39, 0.29) is 0 Å². The lowest BCUT2D eigenvalue weighted by atomic mass is 9.87. The van der Waals surface area contributed by atoms with Gasteiger partial charge in [0.15, 0.2) is 0 Å². The molecule has 0 aliphatic heterocycles. The molecule has 8 heteroatoms. The minimum Gasteiger partial charge on any atom is -0.310 e. The summed E-state index contributed by atoms with van der Waals surface area (Å²) in [6.45, 7) is 10.0. The van der Waals surface area contributed by atoms with E-state index < -0.39 is 27.4 Å². The minimum absolute atomic E-state index is 0.414. The van der Waals surface area contributed by atoms with Crippen molar-refractivity contribution in [3.63, 3.8) is 0 Å². The number of rotatable bonds is 5. The van der Waals surface area contributed by atoms with Crippen LogP contribution in [0.25, 0.3) is 11.0 Å². The van der Waals surface area contributed by atoms with E-state index in [9.17, 15) is 13.2 Å². The SMILES string of the molecule is CCn1c(NC(=O)C(NS(C)(=O)=O)C(C)(C)C)nc2cc(C)ccc21. The highest BCUT2D eigenvalue weighted by atomic mass is 32.2. The molecule has 0 radical (unpaired) electrons. The monoisotopic (exact) mass is 366 g/mol. The standard InChI is InChI=1S/C17H26N4O3S/c1-7-21-13-9-8-11(2)10-12(13)18-16(21)19-15(22)14(17(3,4)5)20-25(6,23)24/h8-10,14,20H,7H2,1-6H3,(H,18,19,22). The lowest BCUT2D eigenvalue weighted by Crippen LogP contribution is -2.51. The van der Waals surface area contributed by atoms with Crippen LogP contribution in [-0.4, -0.2) is 36.2 Å². The number of anilines is 1. The van der Waals surface area contributed by atoms with E-state index >= 15 is 0 Å². The zero-order valence-electron chi connectivity index (χ0n) is 15.5. The van der Waals surface area contributed by atoms with Gasteiger partial charge in [-0.25, -0.2) is 18.1 Å². The summed E-state index contributed by atoms with van der Waals surface area (Å²) < 4.78 is 27.6. The van der Waals surface area contributed by atoms with Gasteiger partial charge in [-0.05, 0) is 37.0 Å². The van der Waals surface area contributed by atoms with Crippen molar-refractivity contribution in [2.75, 3.05) is 11.6 Å².